The van der Waals surface area contributed by atoms with Crippen LogP contribution in [0, 0.1) is 0 Å². The highest BCUT2D eigenvalue weighted by molar-refractivity contribution is 7.98. The van der Waals surface area contributed by atoms with Crippen molar-refractivity contribution in [3.05, 3.63) is 15.9 Å². The van der Waals surface area contributed by atoms with Gasteiger partial charge in [0.25, 0.3) is 6.43 Å². The van der Waals surface area contributed by atoms with E-state index >= 15 is 0 Å². The summed E-state index contributed by atoms with van der Waals surface area (Å²) in [5, 5.41) is -0.307. The number of aromatic nitrogens is 2. The molecule has 7 heteroatoms. The van der Waals surface area contributed by atoms with Gasteiger partial charge < -0.3 is 0 Å². The molecule has 1 rings (SSSR count). The smallest absolute Gasteiger partial charge is 0.210 e. The van der Waals surface area contributed by atoms with E-state index in [4.69, 9.17) is 23.2 Å². The molecule has 1 aromatic heterocycles. The zero-order valence-corrected chi connectivity index (χ0v) is 8.72. The Balaban J connectivity index is 3.23. The van der Waals surface area contributed by atoms with Crippen molar-refractivity contribution in [1.29, 1.82) is 0 Å². The molecule has 0 aromatic carbocycles. The average Bonchev–Trinajstić information content (AvgIpc) is 2.02. The second-order valence-electron chi connectivity index (χ2n) is 2.01. The molecule has 13 heavy (non-hydrogen) atoms. The van der Waals surface area contributed by atoms with Crippen molar-refractivity contribution in [2.75, 3.05) is 6.26 Å². The minimum absolute atomic E-state index is 0.277. The lowest BCUT2D eigenvalue weighted by Crippen LogP contribution is -1.96. The fourth-order valence-corrected chi connectivity index (χ4v) is 1.69. The standard InChI is InChI=1S/C6H4Cl2F2N2S/c1-13-6-11-3(7)2(5(9)10)4(8)12-6/h5H,1H3. The highest BCUT2D eigenvalue weighted by Gasteiger charge is 2.19. The monoisotopic (exact) mass is 244 g/mol. The lowest BCUT2D eigenvalue weighted by Gasteiger charge is -2.05. The van der Waals surface area contributed by atoms with Crippen LogP contribution in [0.3, 0.4) is 0 Å². The molecule has 2 nitrogen and oxygen atoms in total. The van der Waals surface area contributed by atoms with E-state index < -0.39 is 12.0 Å². The molecule has 0 aliphatic heterocycles. The predicted molar refractivity (Wildman–Crippen MR) is 48.8 cm³/mol. The van der Waals surface area contributed by atoms with Gasteiger partial charge in [-0.1, -0.05) is 35.0 Å². The zero-order valence-electron chi connectivity index (χ0n) is 6.39. The summed E-state index contributed by atoms with van der Waals surface area (Å²) >= 11 is 12.1. The van der Waals surface area contributed by atoms with Crippen molar-refractivity contribution in [3.8, 4) is 0 Å². The maximum Gasteiger partial charge on any atom is 0.269 e. The molecular weight excluding hydrogens is 241 g/mol. The quantitative estimate of drug-likeness (QED) is 0.453. The molecule has 0 aliphatic rings. The summed E-state index contributed by atoms with van der Waals surface area (Å²) in [7, 11) is 0. The van der Waals surface area contributed by atoms with Crippen LogP contribution >= 0.6 is 35.0 Å². The molecule has 0 N–H and O–H groups in total. The summed E-state index contributed by atoms with van der Waals surface area (Å²) in [6.07, 6.45) is -1.06. The van der Waals surface area contributed by atoms with Crippen LogP contribution in [-0.4, -0.2) is 16.2 Å². The van der Waals surface area contributed by atoms with Crippen LogP contribution < -0.4 is 0 Å². The fraction of sp³-hybridized carbons (Fsp3) is 0.333. The Bertz CT molecular complexity index is 298. The third-order valence-corrected chi connectivity index (χ3v) is 2.36. The molecule has 0 saturated heterocycles. The molecule has 0 bridgehead atoms. The molecule has 72 valence electrons. The lowest BCUT2D eigenvalue weighted by molar-refractivity contribution is 0.150. The van der Waals surface area contributed by atoms with E-state index in [-0.39, 0.29) is 15.5 Å². The average molecular weight is 245 g/mol. The summed E-state index contributed by atoms with van der Waals surface area (Å²) in [6, 6.07) is 0. The number of alkyl halides is 2. The number of halogens is 4. The first kappa shape index (κ1) is 10.9. The van der Waals surface area contributed by atoms with Crippen LogP contribution in [0.2, 0.25) is 10.3 Å². The van der Waals surface area contributed by atoms with Gasteiger partial charge in [-0.15, -0.1) is 0 Å². The predicted octanol–water partition coefficient (Wildman–Crippen LogP) is 3.44. The van der Waals surface area contributed by atoms with Crippen LogP contribution in [-0.2, 0) is 0 Å². The van der Waals surface area contributed by atoms with Crippen LogP contribution in [0.1, 0.15) is 12.0 Å². The number of nitrogens with zero attached hydrogens (tertiary/aromatic N) is 2. The highest BCUT2D eigenvalue weighted by atomic mass is 35.5. The second-order valence-corrected chi connectivity index (χ2v) is 3.50. The molecule has 0 atom stereocenters. The molecule has 0 aliphatic carbocycles. The topological polar surface area (TPSA) is 25.8 Å². The highest BCUT2D eigenvalue weighted by Crippen LogP contribution is 2.32. The number of hydrogen-bond acceptors (Lipinski definition) is 3. The normalized spacial score (nSPS) is 10.9. The van der Waals surface area contributed by atoms with Gasteiger partial charge in [0.1, 0.15) is 10.3 Å². The van der Waals surface area contributed by atoms with Crippen LogP contribution in [0.25, 0.3) is 0 Å². The largest absolute Gasteiger partial charge is 0.269 e. The Kier molecular flexibility index (Phi) is 3.70. The van der Waals surface area contributed by atoms with Crippen LogP contribution in [0.4, 0.5) is 8.78 Å². The van der Waals surface area contributed by atoms with E-state index in [2.05, 4.69) is 9.97 Å². The van der Waals surface area contributed by atoms with E-state index in [9.17, 15) is 8.78 Å². The first-order chi connectivity index (χ1) is 6.06. The summed E-state index contributed by atoms with van der Waals surface area (Å²) in [4.78, 5) is 7.25. The second kappa shape index (κ2) is 4.39. The van der Waals surface area contributed by atoms with Crippen molar-refractivity contribution in [2.45, 2.75) is 11.6 Å². The van der Waals surface area contributed by atoms with E-state index in [1.54, 1.807) is 6.26 Å². The Morgan fingerprint density at radius 1 is 1.23 bits per heavy atom. The fourth-order valence-electron chi connectivity index (χ4n) is 0.670. The Morgan fingerprint density at radius 3 is 2.00 bits per heavy atom. The molecule has 0 spiro atoms. The summed E-state index contributed by atoms with van der Waals surface area (Å²) in [5.74, 6) is 0. The van der Waals surface area contributed by atoms with Crippen molar-refractivity contribution >= 4 is 35.0 Å². The molecule has 1 aromatic rings. The van der Waals surface area contributed by atoms with Gasteiger partial charge in [-0.3, -0.25) is 0 Å². The number of hydrogen-bond donors (Lipinski definition) is 0. The van der Waals surface area contributed by atoms with Crippen molar-refractivity contribution in [1.82, 2.24) is 9.97 Å². The lowest BCUT2D eigenvalue weighted by atomic mass is 10.4. The van der Waals surface area contributed by atoms with Gasteiger partial charge in [0.05, 0.1) is 5.56 Å². The van der Waals surface area contributed by atoms with E-state index in [0.717, 1.165) is 0 Å². The Hall–Kier alpha value is -0.130. The van der Waals surface area contributed by atoms with Gasteiger partial charge in [0.2, 0.25) is 0 Å². The van der Waals surface area contributed by atoms with E-state index in [0.29, 0.717) is 0 Å². The molecule has 0 radical (unpaired) electrons. The third-order valence-electron chi connectivity index (χ3n) is 1.23. The van der Waals surface area contributed by atoms with Crippen molar-refractivity contribution in [2.24, 2.45) is 0 Å². The van der Waals surface area contributed by atoms with E-state index in [1.807, 2.05) is 0 Å². The number of rotatable bonds is 2. The summed E-state index contributed by atoms with van der Waals surface area (Å²) in [5.41, 5.74) is -0.513. The Morgan fingerprint density at radius 2 is 1.69 bits per heavy atom. The van der Waals surface area contributed by atoms with Crippen LogP contribution in [0.15, 0.2) is 5.16 Å². The van der Waals surface area contributed by atoms with Gasteiger partial charge in [-0.2, -0.15) is 0 Å². The van der Waals surface area contributed by atoms with Gasteiger partial charge in [-0.05, 0) is 6.26 Å². The molecule has 0 amide bonds. The first-order valence-electron chi connectivity index (χ1n) is 3.11. The van der Waals surface area contributed by atoms with Gasteiger partial charge >= 0.3 is 0 Å². The maximum atomic E-state index is 12.3. The Labute approximate surface area is 87.7 Å². The van der Waals surface area contributed by atoms with Gasteiger partial charge in [-0.25, -0.2) is 18.7 Å². The van der Waals surface area contributed by atoms with E-state index in [1.165, 1.54) is 11.8 Å². The zero-order chi connectivity index (χ0) is 10.0. The number of thioether (sulfide) groups is 1. The molecular formula is C6H4Cl2F2N2S. The van der Waals surface area contributed by atoms with Gasteiger partial charge in [0.15, 0.2) is 5.16 Å². The molecule has 0 saturated carbocycles. The minimum Gasteiger partial charge on any atom is -0.210 e. The van der Waals surface area contributed by atoms with Gasteiger partial charge in [0, 0.05) is 0 Å². The molecule has 1 heterocycles. The molecule has 0 fully saturated rings. The van der Waals surface area contributed by atoms with Crippen molar-refractivity contribution in [3.63, 3.8) is 0 Å². The molecule has 0 unspecified atom stereocenters. The summed E-state index contributed by atoms with van der Waals surface area (Å²) < 4.78 is 24.5. The summed E-state index contributed by atoms with van der Waals surface area (Å²) in [6.45, 7) is 0. The van der Waals surface area contributed by atoms with Crippen LogP contribution in [0.5, 0.6) is 0 Å². The SMILES string of the molecule is CSc1nc(Cl)c(C(F)F)c(Cl)n1. The van der Waals surface area contributed by atoms with Crippen molar-refractivity contribution < 1.29 is 8.78 Å². The maximum absolute atomic E-state index is 12.3. The minimum atomic E-state index is -2.75. The first-order valence-corrected chi connectivity index (χ1v) is 5.09. The third kappa shape index (κ3) is 2.42.